The zero-order valence-corrected chi connectivity index (χ0v) is 12.1. The van der Waals surface area contributed by atoms with Crippen molar-refractivity contribution < 1.29 is 9.90 Å². The number of unbranched alkanes of at least 4 members (excludes halogenated alkanes) is 7. The lowest BCUT2D eigenvalue weighted by molar-refractivity contribution is -0.117. The topological polar surface area (TPSA) is 37.3 Å². The van der Waals surface area contributed by atoms with E-state index >= 15 is 0 Å². The van der Waals surface area contributed by atoms with Gasteiger partial charge in [-0.2, -0.15) is 0 Å². The third-order valence-corrected chi connectivity index (χ3v) is 2.64. The monoisotopic (exact) mass is 244 g/mol. The minimum Gasteiger partial charge on any atom is -0.396 e. The highest BCUT2D eigenvalue weighted by atomic mass is 16.2. The van der Waals surface area contributed by atoms with Crippen LogP contribution in [0.5, 0.6) is 0 Å². The van der Waals surface area contributed by atoms with Crippen molar-refractivity contribution in [3.8, 4) is 0 Å². The van der Waals surface area contributed by atoms with Crippen LogP contribution in [0.15, 0.2) is 0 Å². The summed E-state index contributed by atoms with van der Waals surface area (Å²) in [6.07, 6.45) is 11.7. The summed E-state index contributed by atoms with van der Waals surface area (Å²) in [5, 5.41) is 8.29. The van der Waals surface area contributed by atoms with Crippen LogP contribution < -0.4 is 0 Å². The van der Waals surface area contributed by atoms with Crippen LogP contribution in [0.1, 0.15) is 85.0 Å². The number of aliphatic hydroxyl groups excluding tert-OH is 1. The molecule has 17 heavy (non-hydrogen) atoms. The number of hydrogen-bond acceptors (Lipinski definition) is 2. The molecule has 0 saturated heterocycles. The SMILES string of the molecule is CCCCCCCC(C)=O.CCCCCCO. The van der Waals surface area contributed by atoms with Crippen molar-refractivity contribution in [2.24, 2.45) is 0 Å². The van der Waals surface area contributed by atoms with Crippen molar-refractivity contribution >= 4 is 5.78 Å². The summed E-state index contributed by atoms with van der Waals surface area (Å²) in [5.74, 6) is 0.330. The van der Waals surface area contributed by atoms with Crippen LogP contribution in [-0.2, 0) is 4.79 Å². The molecule has 0 heterocycles. The van der Waals surface area contributed by atoms with Gasteiger partial charge in [0, 0.05) is 13.0 Å². The molecule has 1 N–H and O–H groups in total. The van der Waals surface area contributed by atoms with Gasteiger partial charge in [-0.3, -0.25) is 0 Å². The van der Waals surface area contributed by atoms with Crippen molar-refractivity contribution in [1.82, 2.24) is 0 Å². The van der Waals surface area contributed by atoms with E-state index in [2.05, 4.69) is 13.8 Å². The molecule has 104 valence electrons. The average molecular weight is 244 g/mol. The Morgan fingerprint density at radius 1 is 0.824 bits per heavy atom. The molecule has 0 amide bonds. The largest absolute Gasteiger partial charge is 0.396 e. The summed E-state index contributed by atoms with van der Waals surface area (Å²) in [6, 6.07) is 0. The predicted octanol–water partition coefficient (Wildman–Crippen LogP) is 4.49. The number of hydrogen-bond donors (Lipinski definition) is 1. The van der Waals surface area contributed by atoms with Gasteiger partial charge in [-0.25, -0.2) is 0 Å². The lowest BCUT2D eigenvalue weighted by Gasteiger charge is -1.95. The van der Waals surface area contributed by atoms with Gasteiger partial charge in [-0.1, -0.05) is 58.8 Å². The Kier molecular flexibility index (Phi) is 20.1. The second-order valence-electron chi connectivity index (χ2n) is 4.65. The molecule has 0 aliphatic rings. The molecule has 0 atom stereocenters. The van der Waals surface area contributed by atoms with E-state index in [-0.39, 0.29) is 0 Å². The molecule has 0 spiro atoms. The molecule has 0 aromatic carbocycles. The highest BCUT2D eigenvalue weighted by molar-refractivity contribution is 5.75. The average Bonchev–Trinajstić information content (AvgIpc) is 2.30. The Balaban J connectivity index is 0. The summed E-state index contributed by atoms with van der Waals surface area (Å²) in [7, 11) is 0. The van der Waals surface area contributed by atoms with Crippen molar-refractivity contribution in [3.63, 3.8) is 0 Å². The maximum Gasteiger partial charge on any atom is 0.129 e. The molecule has 0 aliphatic heterocycles. The molecule has 0 rings (SSSR count). The Morgan fingerprint density at radius 3 is 1.71 bits per heavy atom. The summed E-state index contributed by atoms with van der Waals surface area (Å²) in [5.41, 5.74) is 0. The second kappa shape index (κ2) is 18.0. The van der Waals surface area contributed by atoms with Crippen molar-refractivity contribution in [2.45, 2.75) is 85.0 Å². The fraction of sp³-hybridized carbons (Fsp3) is 0.933. The summed E-state index contributed by atoms with van der Waals surface area (Å²) in [4.78, 5) is 10.5. The third kappa shape index (κ3) is 25.7. The maximum atomic E-state index is 10.5. The van der Waals surface area contributed by atoms with E-state index in [4.69, 9.17) is 5.11 Å². The number of rotatable bonds is 10. The highest BCUT2D eigenvalue weighted by Crippen LogP contribution is 2.04. The summed E-state index contributed by atoms with van der Waals surface area (Å²) < 4.78 is 0. The van der Waals surface area contributed by atoms with E-state index in [1.165, 1.54) is 44.9 Å². The van der Waals surface area contributed by atoms with Crippen LogP contribution in [0, 0.1) is 0 Å². The van der Waals surface area contributed by atoms with Crippen LogP contribution >= 0.6 is 0 Å². The highest BCUT2D eigenvalue weighted by Gasteiger charge is 1.92. The molecule has 0 radical (unpaired) electrons. The molecule has 0 aromatic rings. The standard InChI is InChI=1S/C9H18O.C6H14O/c1-3-4-5-6-7-8-9(2)10;1-2-3-4-5-6-7/h3-8H2,1-2H3;7H,2-6H2,1H3. The van der Waals surface area contributed by atoms with Gasteiger partial charge in [0.2, 0.25) is 0 Å². The smallest absolute Gasteiger partial charge is 0.129 e. The van der Waals surface area contributed by atoms with Gasteiger partial charge < -0.3 is 9.90 Å². The van der Waals surface area contributed by atoms with E-state index < -0.39 is 0 Å². The normalized spacial score (nSPS) is 9.65. The van der Waals surface area contributed by atoms with E-state index in [0.717, 1.165) is 19.3 Å². The Bertz CT molecular complexity index is 140. The number of ketones is 1. The summed E-state index contributed by atoms with van der Waals surface area (Å²) in [6.45, 7) is 6.39. The van der Waals surface area contributed by atoms with Crippen molar-refractivity contribution in [3.05, 3.63) is 0 Å². The molecule has 0 unspecified atom stereocenters. The molecule has 0 bridgehead atoms. The number of aliphatic hydroxyl groups is 1. The first-order valence-electron chi connectivity index (χ1n) is 7.29. The van der Waals surface area contributed by atoms with Crippen molar-refractivity contribution in [1.29, 1.82) is 0 Å². The molecule has 0 aromatic heterocycles. The minimum absolute atomic E-state index is 0.330. The Labute approximate surface area is 108 Å². The maximum absolute atomic E-state index is 10.5. The molecular weight excluding hydrogens is 212 g/mol. The fourth-order valence-corrected chi connectivity index (χ4v) is 1.52. The minimum atomic E-state index is 0.330. The van der Waals surface area contributed by atoms with Gasteiger partial charge in [-0.05, 0) is 19.8 Å². The third-order valence-electron chi connectivity index (χ3n) is 2.64. The number of carbonyl (C=O) groups excluding carboxylic acids is 1. The molecule has 2 heteroatoms. The van der Waals surface area contributed by atoms with Crippen LogP contribution in [-0.4, -0.2) is 17.5 Å². The van der Waals surface area contributed by atoms with E-state index in [0.29, 0.717) is 12.4 Å². The summed E-state index contributed by atoms with van der Waals surface area (Å²) >= 11 is 0. The predicted molar refractivity (Wildman–Crippen MR) is 75.3 cm³/mol. The molecular formula is C15H32O2. The van der Waals surface area contributed by atoms with E-state index in [9.17, 15) is 4.79 Å². The lowest BCUT2D eigenvalue weighted by atomic mass is 10.1. The van der Waals surface area contributed by atoms with Gasteiger partial charge in [-0.15, -0.1) is 0 Å². The first kappa shape index (κ1) is 19.0. The van der Waals surface area contributed by atoms with Crippen LogP contribution in [0.4, 0.5) is 0 Å². The van der Waals surface area contributed by atoms with Crippen LogP contribution in [0.2, 0.25) is 0 Å². The fourth-order valence-electron chi connectivity index (χ4n) is 1.52. The van der Waals surface area contributed by atoms with E-state index in [1.807, 2.05) is 0 Å². The first-order chi connectivity index (χ1) is 8.18. The zero-order chi connectivity index (χ0) is 13.4. The second-order valence-corrected chi connectivity index (χ2v) is 4.65. The number of Topliss-reactive ketones (excluding diaryl/α,β-unsaturated/α-hetero) is 1. The van der Waals surface area contributed by atoms with Crippen LogP contribution in [0.3, 0.4) is 0 Å². The van der Waals surface area contributed by atoms with Gasteiger partial charge >= 0.3 is 0 Å². The molecule has 0 aliphatic carbocycles. The van der Waals surface area contributed by atoms with Gasteiger partial charge in [0.05, 0.1) is 0 Å². The molecule has 0 saturated carbocycles. The number of carbonyl (C=O) groups is 1. The first-order valence-corrected chi connectivity index (χ1v) is 7.29. The van der Waals surface area contributed by atoms with E-state index in [1.54, 1.807) is 6.92 Å². The Morgan fingerprint density at radius 2 is 1.29 bits per heavy atom. The molecule has 0 fully saturated rings. The quantitative estimate of drug-likeness (QED) is 0.575. The Hall–Kier alpha value is -0.370. The lowest BCUT2D eigenvalue weighted by Crippen LogP contribution is -1.88. The van der Waals surface area contributed by atoms with Crippen LogP contribution in [0.25, 0.3) is 0 Å². The molecule has 2 nitrogen and oxygen atoms in total. The van der Waals surface area contributed by atoms with Gasteiger partial charge in [0.15, 0.2) is 0 Å². The van der Waals surface area contributed by atoms with Gasteiger partial charge in [0.25, 0.3) is 0 Å². The van der Waals surface area contributed by atoms with Gasteiger partial charge in [0.1, 0.15) is 5.78 Å². The zero-order valence-electron chi connectivity index (χ0n) is 12.1. The van der Waals surface area contributed by atoms with Crippen molar-refractivity contribution in [2.75, 3.05) is 6.61 Å².